The van der Waals surface area contributed by atoms with Gasteiger partial charge >= 0.3 is 0 Å². The van der Waals surface area contributed by atoms with E-state index in [1.165, 1.54) is 4.68 Å². The van der Waals surface area contributed by atoms with Gasteiger partial charge in [-0.05, 0) is 38.3 Å². The zero-order valence-electron chi connectivity index (χ0n) is 16.6. The maximum atomic E-state index is 12.6. The number of aryl methyl sites for hydroxylation is 1. The molecule has 0 saturated heterocycles. The smallest absolute Gasteiger partial charge is 0.255 e. The van der Waals surface area contributed by atoms with Crippen molar-refractivity contribution in [3.63, 3.8) is 0 Å². The molecule has 0 radical (unpaired) electrons. The average molecular weight is 383 g/mol. The van der Waals surface area contributed by atoms with Crippen molar-refractivity contribution >= 4 is 11.7 Å². The van der Waals surface area contributed by atoms with Crippen molar-refractivity contribution < 1.29 is 9.21 Å². The van der Waals surface area contributed by atoms with E-state index in [9.17, 15) is 9.59 Å². The molecule has 1 amide bonds. The predicted octanol–water partition coefficient (Wildman–Crippen LogP) is 3.46. The summed E-state index contributed by atoms with van der Waals surface area (Å²) in [7, 11) is 0. The lowest BCUT2D eigenvalue weighted by Crippen LogP contribution is -2.25. The first-order valence-electron chi connectivity index (χ1n) is 9.53. The molecule has 3 rings (SSSR count). The molecule has 0 aromatic carbocycles. The minimum Gasteiger partial charge on any atom is -0.463 e. The first-order chi connectivity index (χ1) is 13.5. The largest absolute Gasteiger partial charge is 0.463 e. The molecular weight excluding hydrogens is 358 g/mol. The third-order valence-corrected chi connectivity index (χ3v) is 4.85. The van der Waals surface area contributed by atoms with Crippen molar-refractivity contribution in [3.05, 3.63) is 46.1 Å². The van der Waals surface area contributed by atoms with E-state index in [0.29, 0.717) is 35.0 Å². The second kappa shape index (κ2) is 8.24. The molecule has 3 aromatic heterocycles. The maximum Gasteiger partial charge on any atom is 0.255 e. The molecule has 0 unspecified atom stereocenters. The summed E-state index contributed by atoms with van der Waals surface area (Å²) in [6, 6.07) is 5.25. The summed E-state index contributed by atoms with van der Waals surface area (Å²) >= 11 is 0. The number of carbonyl (C=O) groups is 1. The van der Waals surface area contributed by atoms with Gasteiger partial charge in [-0.3, -0.25) is 14.6 Å². The van der Waals surface area contributed by atoms with Crippen LogP contribution in [-0.2, 0) is 11.2 Å². The molecule has 0 aliphatic rings. The summed E-state index contributed by atoms with van der Waals surface area (Å²) in [5.41, 5.74) is 1.58. The number of furan rings is 1. The summed E-state index contributed by atoms with van der Waals surface area (Å²) in [6.07, 6.45) is 3.61. The van der Waals surface area contributed by atoms with E-state index < -0.39 is 0 Å². The Morgan fingerprint density at radius 1 is 1.32 bits per heavy atom. The SMILES string of the molecule is CCc1c(C)nc(-n2nc(-c3ccco3)cc2NC(=O)C(CC)CC)[nH]c1=O. The second-order valence-corrected chi connectivity index (χ2v) is 6.61. The van der Waals surface area contributed by atoms with Crippen LogP contribution in [0.25, 0.3) is 17.4 Å². The first kappa shape index (κ1) is 19.6. The van der Waals surface area contributed by atoms with Crippen LogP contribution in [0.5, 0.6) is 0 Å². The second-order valence-electron chi connectivity index (χ2n) is 6.61. The van der Waals surface area contributed by atoms with Crippen LogP contribution in [0.15, 0.2) is 33.7 Å². The van der Waals surface area contributed by atoms with Crippen molar-refractivity contribution in [2.75, 3.05) is 5.32 Å². The molecule has 28 heavy (non-hydrogen) atoms. The fraction of sp³-hybridized carbons (Fsp3) is 0.400. The van der Waals surface area contributed by atoms with Gasteiger partial charge in [-0.15, -0.1) is 0 Å². The van der Waals surface area contributed by atoms with Crippen molar-refractivity contribution in [3.8, 4) is 17.4 Å². The van der Waals surface area contributed by atoms with Crippen LogP contribution < -0.4 is 10.9 Å². The fourth-order valence-corrected chi connectivity index (χ4v) is 3.18. The van der Waals surface area contributed by atoms with Gasteiger partial charge in [-0.25, -0.2) is 4.98 Å². The normalized spacial score (nSPS) is 11.2. The maximum absolute atomic E-state index is 12.6. The number of amides is 1. The van der Waals surface area contributed by atoms with Crippen LogP contribution in [0, 0.1) is 12.8 Å². The van der Waals surface area contributed by atoms with E-state index >= 15 is 0 Å². The van der Waals surface area contributed by atoms with Gasteiger partial charge in [0.15, 0.2) is 5.76 Å². The monoisotopic (exact) mass is 383 g/mol. The zero-order valence-corrected chi connectivity index (χ0v) is 16.6. The van der Waals surface area contributed by atoms with Crippen LogP contribution in [0.1, 0.15) is 44.9 Å². The zero-order chi connectivity index (χ0) is 20.3. The number of carbonyl (C=O) groups excluding carboxylic acids is 1. The number of hydrogen-bond acceptors (Lipinski definition) is 5. The highest BCUT2D eigenvalue weighted by atomic mass is 16.3. The van der Waals surface area contributed by atoms with Gasteiger partial charge in [0.25, 0.3) is 5.56 Å². The first-order valence-corrected chi connectivity index (χ1v) is 9.53. The Bertz CT molecular complexity index is 1010. The van der Waals surface area contributed by atoms with Crippen LogP contribution in [0.3, 0.4) is 0 Å². The van der Waals surface area contributed by atoms with E-state index in [2.05, 4.69) is 20.4 Å². The Morgan fingerprint density at radius 2 is 2.07 bits per heavy atom. The number of nitrogens with zero attached hydrogens (tertiary/aromatic N) is 3. The van der Waals surface area contributed by atoms with Gasteiger partial charge in [0.1, 0.15) is 11.5 Å². The number of hydrogen-bond donors (Lipinski definition) is 2. The van der Waals surface area contributed by atoms with E-state index in [0.717, 1.165) is 12.8 Å². The molecule has 2 N–H and O–H groups in total. The number of nitrogens with one attached hydrogen (secondary N) is 2. The van der Waals surface area contributed by atoms with E-state index in [4.69, 9.17) is 4.42 Å². The minimum absolute atomic E-state index is 0.0959. The number of anilines is 1. The highest BCUT2D eigenvalue weighted by Gasteiger charge is 2.20. The molecule has 0 bridgehead atoms. The topological polar surface area (TPSA) is 106 Å². The molecule has 3 aromatic rings. The Morgan fingerprint density at radius 3 is 2.64 bits per heavy atom. The summed E-state index contributed by atoms with van der Waals surface area (Å²) in [5.74, 6) is 1.03. The molecule has 0 saturated carbocycles. The Labute approximate surface area is 163 Å². The highest BCUT2D eigenvalue weighted by Crippen LogP contribution is 2.25. The van der Waals surface area contributed by atoms with Gasteiger partial charge in [-0.1, -0.05) is 20.8 Å². The van der Waals surface area contributed by atoms with Gasteiger partial charge in [0.2, 0.25) is 11.9 Å². The lowest BCUT2D eigenvalue weighted by atomic mass is 10.0. The summed E-state index contributed by atoms with van der Waals surface area (Å²) in [4.78, 5) is 32.3. The molecule has 0 atom stereocenters. The van der Waals surface area contributed by atoms with E-state index in [1.54, 1.807) is 31.4 Å². The third kappa shape index (κ3) is 3.76. The van der Waals surface area contributed by atoms with Crippen LogP contribution in [0.4, 0.5) is 5.82 Å². The van der Waals surface area contributed by atoms with Gasteiger partial charge in [0, 0.05) is 23.2 Å². The Kier molecular flexibility index (Phi) is 5.77. The number of aromatic nitrogens is 4. The van der Waals surface area contributed by atoms with E-state index in [-0.39, 0.29) is 23.3 Å². The fourth-order valence-electron chi connectivity index (χ4n) is 3.18. The van der Waals surface area contributed by atoms with Crippen molar-refractivity contribution in [1.29, 1.82) is 0 Å². The molecular formula is C20H25N5O3. The van der Waals surface area contributed by atoms with Crippen LogP contribution >= 0.6 is 0 Å². The summed E-state index contributed by atoms with van der Waals surface area (Å²) in [5, 5.41) is 7.42. The lowest BCUT2D eigenvalue weighted by Gasteiger charge is -2.14. The number of H-pyrrole nitrogens is 1. The van der Waals surface area contributed by atoms with Crippen LogP contribution in [0.2, 0.25) is 0 Å². The molecule has 0 spiro atoms. The average Bonchev–Trinajstić information content (AvgIpc) is 3.32. The summed E-state index contributed by atoms with van der Waals surface area (Å²) in [6.45, 7) is 7.65. The Hall–Kier alpha value is -3.16. The molecule has 0 fully saturated rings. The van der Waals surface area contributed by atoms with Gasteiger partial charge in [-0.2, -0.15) is 9.78 Å². The number of aromatic amines is 1. The van der Waals surface area contributed by atoms with Gasteiger partial charge < -0.3 is 9.73 Å². The van der Waals surface area contributed by atoms with Gasteiger partial charge in [0.05, 0.1) is 6.26 Å². The quantitative estimate of drug-likeness (QED) is 0.650. The molecule has 0 aliphatic carbocycles. The molecule has 3 heterocycles. The molecule has 0 aliphatic heterocycles. The molecule has 8 heteroatoms. The lowest BCUT2D eigenvalue weighted by molar-refractivity contribution is -0.120. The van der Waals surface area contributed by atoms with E-state index in [1.807, 2.05) is 20.8 Å². The van der Waals surface area contributed by atoms with Crippen molar-refractivity contribution in [2.45, 2.75) is 47.0 Å². The highest BCUT2D eigenvalue weighted by molar-refractivity contribution is 5.92. The summed E-state index contributed by atoms with van der Waals surface area (Å²) < 4.78 is 6.86. The Balaban J connectivity index is 2.09. The van der Waals surface area contributed by atoms with Crippen molar-refractivity contribution in [1.82, 2.24) is 19.7 Å². The minimum atomic E-state index is -0.211. The standard InChI is InChI=1S/C20H25N5O3/c1-5-13(6-2)18(26)22-17-11-15(16-9-8-10-28-16)24-25(17)20-21-12(4)14(7-3)19(27)23-20/h8-11,13H,5-7H2,1-4H3,(H,22,26)(H,21,23,27). The third-order valence-electron chi connectivity index (χ3n) is 4.85. The number of rotatable bonds is 7. The van der Waals surface area contributed by atoms with Crippen LogP contribution in [-0.4, -0.2) is 25.7 Å². The van der Waals surface area contributed by atoms with Crippen molar-refractivity contribution in [2.24, 2.45) is 5.92 Å². The molecule has 8 nitrogen and oxygen atoms in total. The molecule has 148 valence electrons. The predicted molar refractivity (Wildman–Crippen MR) is 106 cm³/mol.